The summed E-state index contributed by atoms with van der Waals surface area (Å²) in [7, 11) is 0. The van der Waals surface area contributed by atoms with Crippen LogP contribution in [0.1, 0.15) is 16.7 Å². The first-order chi connectivity index (χ1) is 16.0. The molecule has 6 heteroatoms. The van der Waals surface area contributed by atoms with E-state index in [4.69, 9.17) is 0 Å². The van der Waals surface area contributed by atoms with Gasteiger partial charge in [0, 0.05) is 17.5 Å². The lowest BCUT2D eigenvalue weighted by molar-refractivity contribution is 0.628. The highest BCUT2D eigenvalue weighted by molar-refractivity contribution is 5.88. The summed E-state index contributed by atoms with van der Waals surface area (Å²) in [5, 5.41) is 13.6. The predicted molar refractivity (Wildman–Crippen MR) is 128 cm³/mol. The van der Waals surface area contributed by atoms with Crippen molar-refractivity contribution in [2.75, 3.05) is 5.32 Å². The molecule has 0 amide bonds. The topological polar surface area (TPSA) is 70.2 Å². The van der Waals surface area contributed by atoms with Gasteiger partial charge in [0.05, 0.1) is 16.3 Å². The van der Waals surface area contributed by atoms with Gasteiger partial charge in [-0.05, 0) is 66.9 Å². The summed E-state index contributed by atoms with van der Waals surface area (Å²) in [5.41, 5.74) is 5.64. The summed E-state index contributed by atoms with van der Waals surface area (Å²) in [6.07, 6.45) is 1.57. The molecule has 160 valence electrons. The number of nitrogens with one attached hydrogen (secondary N) is 1. The van der Waals surface area contributed by atoms with Crippen LogP contribution in [0, 0.1) is 31.0 Å². The van der Waals surface area contributed by atoms with Crippen LogP contribution in [0.4, 0.5) is 10.1 Å². The van der Waals surface area contributed by atoms with Gasteiger partial charge in [-0.1, -0.05) is 30.3 Å². The molecule has 5 rings (SSSR count). The van der Waals surface area contributed by atoms with Crippen LogP contribution in [0.25, 0.3) is 34.0 Å². The average molecular weight is 434 g/mol. The van der Waals surface area contributed by atoms with Gasteiger partial charge in [-0.2, -0.15) is 5.26 Å². The molecule has 5 aromatic rings. The van der Waals surface area contributed by atoms with Crippen LogP contribution in [0.3, 0.4) is 0 Å². The Morgan fingerprint density at radius 3 is 2.42 bits per heavy atom. The lowest BCUT2D eigenvalue weighted by atomic mass is 9.99. The van der Waals surface area contributed by atoms with E-state index >= 15 is 0 Å². The molecule has 33 heavy (non-hydrogen) atoms. The minimum Gasteiger partial charge on any atom is -0.361 e. The number of aromatic nitrogens is 2. The minimum absolute atomic E-state index is 0.289. The van der Waals surface area contributed by atoms with E-state index in [0.29, 0.717) is 38.7 Å². The molecule has 0 saturated heterocycles. The number of nitriles is 1. The van der Waals surface area contributed by atoms with E-state index in [-0.39, 0.29) is 11.4 Å². The van der Waals surface area contributed by atoms with Crippen LogP contribution in [-0.2, 0) is 0 Å². The lowest BCUT2D eigenvalue weighted by Gasteiger charge is -2.09. The van der Waals surface area contributed by atoms with Gasteiger partial charge in [-0.15, -0.1) is 0 Å². The molecule has 0 saturated carbocycles. The van der Waals surface area contributed by atoms with Crippen LogP contribution in [0.15, 0.2) is 71.5 Å². The zero-order valence-electron chi connectivity index (χ0n) is 18.1. The number of imidazole rings is 1. The lowest BCUT2D eigenvalue weighted by Crippen LogP contribution is -2.34. The predicted octanol–water partition coefficient (Wildman–Crippen LogP) is 4.71. The Kier molecular flexibility index (Phi) is 4.87. The van der Waals surface area contributed by atoms with Gasteiger partial charge >= 0.3 is 0 Å². The molecule has 1 N–H and O–H groups in total. The monoisotopic (exact) mass is 434 g/mol. The van der Waals surface area contributed by atoms with E-state index in [0.717, 1.165) is 16.7 Å². The third-order valence-corrected chi connectivity index (χ3v) is 5.85. The highest BCUT2D eigenvalue weighted by atomic mass is 19.1. The molecule has 0 aliphatic carbocycles. The number of pyridine rings is 1. The Balaban J connectivity index is 1.91. The highest BCUT2D eigenvalue weighted by Gasteiger charge is 2.20. The van der Waals surface area contributed by atoms with E-state index in [1.165, 1.54) is 16.5 Å². The Morgan fingerprint density at radius 2 is 1.73 bits per heavy atom. The van der Waals surface area contributed by atoms with Crippen molar-refractivity contribution < 1.29 is 4.39 Å². The smallest absolute Gasteiger partial charge is 0.266 e. The zero-order chi connectivity index (χ0) is 23.1. The first-order valence-corrected chi connectivity index (χ1v) is 10.4. The van der Waals surface area contributed by atoms with Crippen LogP contribution in [0.5, 0.6) is 0 Å². The van der Waals surface area contributed by atoms with E-state index < -0.39 is 0 Å². The van der Waals surface area contributed by atoms with Gasteiger partial charge in [-0.3, -0.25) is 9.20 Å². The van der Waals surface area contributed by atoms with Crippen molar-refractivity contribution in [3.63, 3.8) is 0 Å². The number of hydrogen-bond acceptors (Lipinski definition) is 4. The number of anilines is 1. The summed E-state index contributed by atoms with van der Waals surface area (Å²) in [4.78, 5) is 18.5. The molecule has 0 aliphatic rings. The zero-order valence-corrected chi connectivity index (χ0v) is 18.1. The molecule has 0 bridgehead atoms. The Labute approximate surface area is 189 Å². The first kappa shape index (κ1) is 20.4. The molecule has 3 aromatic carbocycles. The van der Waals surface area contributed by atoms with Gasteiger partial charge in [0.1, 0.15) is 17.4 Å². The molecule has 0 unspecified atom stereocenters. The largest absolute Gasteiger partial charge is 0.361 e. The molecular formula is C27H19FN4O. The third kappa shape index (κ3) is 3.40. The summed E-state index contributed by atoms with van der Waals surface area (Å²) in [6, 6.07) is 21.3. The van der Waals surface area contributed by atoms with Gasteiger partial charge < -0.3 is 5.32 Å². The quantitative estimate of drug-likeness (QED) is 0.446. The first-order valence-electron chi connectivity index (χ1n) is 10.4. The molecule has 0 atom stereocenters. The molecule has 0 spiro atoms. The Morgan fingerprint density at radius 1 is 1.03 bits per heavy atom. The maximum atomic E-state index is 13.8. The second-order valence-electron chi connectivity index (χ2n) is 7.94. The molecule has 0 aliphatic heterocycles. The number of benzene rings is 3. The van der Waals surface area contributed by atoms with Crippen LogP contribution in [-0.4, -0.2) is 9.38 Å². The normalized spacial score (nSPS) is 11.8. The Bertz CT molecular complexity index is 1680. The average Bonchev–Trinajstić information content (AvgIpc) is 3.18. The molecule has 2 heterocycles. The van der Waals surface area contributed by atoms with E-state index in [2.05, 4.69) is 16.4 Å². The van der Waals surface area contributed by atoms with E-state index in [1.807, 2.05) is 56.3 Å². The number of fused-ring (bicyclic) bond motifs is 3. The molecule has 2 aromatic heterocycles. The van der Waals surface area contributed by atoms with Crippen molar-refractivity contribution >= 4 is 28.6 Å². The van der Waals surface area contributed by atoms with Gasteiger partial charge in [0.25, 0.3) is 5.56 Å². The minimum atomic E-state index is -0.348. The van der Waals surface area contributed by atoms with Gasteiger partial charge in [0.15, 0.2) is 5.65 Å². The second-order valence-corrected chi connectivity index (χ2v) is 7.94. The van der Waals surface area contributed by atoms with Crippen LogP contribution < -0.4 is 16.1 Å². The van der Waals surface area contributed by atoms with Crippen molar-refractivity contribution in [2.45, 2.75) is 13.8 Å². The van der Waals surface area contributed by atoms with Gasteiger partial charge in [-0.25, -0.2) is 9.37 Å². The standard InChI is InChI=1S/C27H19FN4O/c1-16-12-23-24(13-17(16)2)32-26(31-23)21(14-29)25(18-6-4-3-5-7-18)22(27(32)33)15-30-20-10-8-19(28)9-11-20/h3-13,15,30H,1-2H3. The van der Waals surface area contributed by atoms with Crippen molar-refractivity contribution in [1.82, 2.24) is 9.38 Å². The summed E-state index contributed by atoms with van der Waals surface area (Å²) >= 11 is 0. The second kappa shape index (κ2) is 7.88. The number of nitrogens with zero attached hydrogens (tertiary/aromatic N) is 3. The fourth-order valence-corrected chi connectivity index (χ4v) is 4.03. The van der Waals surface area contributed by atoms with Gasteiger partial charge in [0.2, 0.25) is 0 Å². The van der Waals surface area contributed by atoms with Crippen molar-refractivity contribution in [3.05, 3.63) is 105 Å². The maximum absolute atomic E-state index is 13.8. The number of halogens is 1. The van der Waals surface area contributed by atoms with Crippen LogP contribution in [0.2, 0.25) is 0 Å². The van der Waals surface area contributed by atoms with Crippen molar-refractivity contribution in [2.24, 2.45) is 0 Å². The highest BCUT2D eigenvalue weighted by Crippen LogP contribution is 2.26. The fraction of sp³-hybridized carbons (Fsp3) is 0.0741. The fourth-order valence-electron chi connectivity index (χ4n) is 4.03. The SMILES string of the molecule is Cc1cc2nc3c(C#N)c(-c4ccccc4)c(=CNc4ccc(F)cc4)c(=O)n3c2cc1C. The maximum Gasteiger partial charge on any atom is 0.266 e. The van der Waals surface area contributed by atoms with Crippen molar-refractivity contribution in [1.29, 1.82) is 5.26 Å². The number of aryl methyl sites for hydroxylation is 2. The molecule has 0 radical (unpaired) electrons. The number of rotatable bonds is 3. The molecule has 0 fully saturated rings. The summed E-state index contributed by atoms with van der Waals surface area (Å²) in [6.45, 7) is 3.97. The summed E-state index contributed by atoms with van der Waals surface area (Å²) in [5.74, 6) is -0.348. The van der Waals surface area contributed by atoms with E-state index in [1.54, 1.807) is 18.3 Å². The molecule has 5 nitrogen and oxygen atoms in total. The van der Waals surface area contributed by atoms with E-state index in [9.17, 15) is 14.4 Å². The summed E-state index contributed by atoms with van der Waals surface area (Å²) < 4.78 is 14.8. The van der Waals surface area contributed by atoms with Crippen molar-refractivity contribution in [3.8, 4) is 17.2 Å². The Hall–Kier alpha value is -4.50. The molecular weight excluding hydrogens is 415 g/mol. The third-order valence-electron chi connectivity index (χ3n) is 5.85. The van der Waals surface area contributed by atoms with Crippen LogP contribution >= 0.6 is 0 Å². The number of hydrogen-bond donors (Lipinski definition) is 1.